The van der Waals surface area contributed by atoms with Crippen molar-refractivity contribution in [2.75, 3.05) is 13.2 Å². The van der Waals surface area contributed by atoms with E-state index in [1.807, 2.05) is 0 Å². The van der Waals surface area contributed by atoms with Crippen LogP contribution in [0.1, 0.15) is 11.9 Å². The Bertz CT molecular complexity index is 353. The molecular formula is C8H7Cl2NO3. The molecule has 1 aromatic rings. The largest absolute Gasteiger partial charge is 0.504 e. The van der Waals surface area contributed by atoms with Crippen LogP contribution < -0.4 is 0 Å². The highest BCUT2D eigenvalue weighted by Crippen LogP contribution is 2.35. The summed E-state index contributed by atoms with van der Waals surface area (Å²) in [5, 5.41) is 9.72. The van der Waals surface area contributed by atoms with E-state index in [1.165, 1.54) is 6.07 Å². The van der Waals surface area contributed by atoms with Crippen LogP contribution in [-0.4, -0.2) is 23.3 Å². The molecule has 76 valence electrons. The van der Waals surface area contributed by atoms with Crippen molar-refractivity contribution in [2.24, 2.45) is 0 Å². The van der Waals surface area contributed by atoms with Crippen LogP contribution in [0.2, 0.25) is 10.3 Å². The summed E-state index contributed by atoms with van der Waals surface area (Å²) >= 11 is 11.3. The van der Waals surface area contributed by atoms with Crippen molar-refractivity contribution in [1.82, 2.24) is 4.98 Å². The molecule has 0 aromatic carbocycles. The topological polar surface area (TPSA) is 51.6 Å². The summed E-state index contributed by atoms with van der Waals surface area (Å²) in [4.78, 5) is 3.67. The molecule has 0 amide bonds. The molecule has 1 aliphatic heterocycles. The molecule has 1 aromatic heterocycles. The molecule has 0 unspecified atom stereocenters. The SMILES string of the molecule is Oc1c(C2OCCO2)cc(Cl)nc1Cl. The number of hydrogen-bond acceptors (Lipinski definition) is 4. The Labute approximate surface area is 90.4 Å². The Hall–Kier alpha value is -0.550. The summed E-state index contributed by atoms with van der Waals surface area (Å²) < 4.78 is 10.4. The van der Waals surface area contributed by atoms with Crippen LogP contribution in [0.15, 0.2) is 6.07 Å². The van der Waals surface area contributed by atoms with Crippen LogP contribution >= 0.6 is 23.2 Å². The third kappa shape index (κ3) is 1.79. The minimum absolute atomic E-state index is 0.0494. The van der Waals surface area contributed by atoms with E-state index in [0.29, 0.717) is 18.8 Å². The predicted octanol–water partition coefficient (Wildman–Crippen LogP) is 2.14. The minimum Gasteiger partial charge on any atom is -0.504 e. The van der Waals surface area contributed by atoms with E-state index >= 15 is 0 Å². The third-order valence-corrected chi connectivity index (χ3v) is 2.28. The molecule has 1 saturated heterocycles. The fourth-order valence-corrected chi connectivity index (χ4v) is 1.66. The van der Waals surface area contributed by atoms with E-state index in [0.717, 1.165) is 0 Å². The molecule has 2 rings (SSSR count). The van der Waals surface area contributed by atoms with Gasteiger partial charge in [-0.1, -0.05) is 23.2 Å². The number of pyridine rings is 1. The molecule has 6 heteroatoms. The van der Waals surface area contributed by atoms with Gasteiger partial charge in [-0.15, -0.1) is 0 Å². The second-order valence-electron chi connectivity index (χ2n) is 2.75. The summed E-state index contributed by atoms with van der Waals surface area (Å²) in [6, 6.07) is 1.47. The zero-order chi connectivity index (χ0) is 10.1. The Morgan fingerprint density at radius 3 is 2.64 bits per heavy atom. The summed E-state index contributed by atoms with van der Waals surface area (Å²) in [6.07, 6.45) is -0.604. The van der Waals surface area contributed by atoms with E-state index in [4.69, 9.17) is 32.7 Å². The average molecular weight is 236 g/mol. The van der Waals surface area contributed by atoms with E-state index in [9.17, 15) is 5.11 Å². The first-order valence-electron chi connectivity index (χ1n) is 3.96. The summed E-state index contributed by atoms with van der Waals surface area (Å²) in [7, 11) is 0. The van der Waals surface area contributed by atoms with Gasteiger partial charge in [0, 0.05) is 0 Å². The van der Waals surface area contributed by atoms with Gasteiger partial charge >= 0.3 is 0 Å². The fourth-order valence-electron chi connectivity index (χ4n) is 1.21. The van der Waals surface area contributed by atoms with Gasteiger partial charge < -0.3 is 14.6 Å². The lowest BCUT2D eigenvalue weighted by Crippen LogP contribution is -1.99. The van der Waals surface area contributed by atoms with Crippen LogP contribution in [0.3, 0.4) is 0 Å². The van der Waals surface area contributed by atoms with Crippen LogP contribution in [0.4, 0.5) is 0 Å². The Balaban J connectivity index is 2.40. The molecule has 0 spiro atoms. The Morgan fingerprint density at radius 2 is 2.00 bits per heavy atom. The van der Waals surface area contributed by atoms with E-state index < -0.39 is 6.29 Å². The molecular weight excluding hydrogens is 229 g/mol. The van der Waals surface area contributed by atoms with Crippen LogP contribution in [0, 0.1) is 0 Å². The molecule has 0 saturated carbocycles. The number of nitrogens with zero attached hydrogens (tertiary/aromatic N) is 1. The molecule has 1 N–H and O–H groups in total. The van der Waals surface area contributed by atoms with Crippen molar-refractivity contribution >= 4 is 23.2 Å². The Morgan fingerprint density at radius 1 is 1.36 bits per heavy atom. The van der Waals surface area contributed by atoms with Crippen molar-refractivity contribution in [3.63, 3.8) is 0 Å². The molecule has 0 bridgehead atoms. The number of aromatic hydroxyl groups is 1. The van der Waals surface area contributed by atoms with Gasteiger partial charge in [0.15, 0.2) is 17.2 Å². The lowest BCUT2D eigenvalue weighted by Gasteiger charge is -2.11. The second kappa shape index (κ2) is 3.90. The van der Waals surface area contributed by atoms with Crippen molar-refractivity contribution in [3.8, 4) is 5.75 Å². The molecule has 2 heterocycles. The maximum absolute atomic E-state index is 9.57. The normalized spacial score (nSPS) is 17.6. The van der Waals surface area contributed by atoms with Gasteiger partial charge in [-0.25, -0.2) is 4.98 Å². The first kappa shape index (κ1) is 9.98. The van der Waals surface area contributed by atoms with Crippen molar-refractivity contribution in [1.29, 1.82) is 0 Å². The van der Waals surface area contributed by atoms with Crippen molar-refractivity contribution in [3.05, 3.63) is 21.9 Å². The van der Waals surface area contributed by atoms with Gasteiger partial charge in [-0.2, -0.15) is 0 Å². The van der Waals surface area contributed by atoms with Gasteiger partial charge in [0.1, 0.15) is 5.15 Å². The number of hydrogen-bond donors (Lipinski definition) is 1. The molecule has 0 radical (unpaired) electrons. The fraction of sp³-hybridized carbons (Fsp3) is 0.375. The monoisotopic (exact) mass is 235 g/mol. The number of aromatic nitrogens is 1. The highest BCUT2D eigenvalue weighted by atomic mass is 35.5. The molecule has 0 atom stereocenters. The van der Waals surface area contributed by atoms with Crippen LogP contribution in [0.25, 0.3) is 0 Å². The zero-order valence-electron chi connectivity index (χ0n) is 7.04. The highest BCUT2D eigenvalue weighted by Gasteiger charge is 2.23. The predicted molar refractivity (Wildman–Crippen MR) is 50.6 cm³/mol. The van der Waals surface area contributed by atoms with Gasteiger partial charge in [0.2, 0.25) is 0 Å². The maximum Gasteiger partial charge on any atom is 0.187 e. The molecule has 0 aliphatic carbocycles. The van der Waals surface area contributed by atoms with Crippen LogP contribution in [-0.2, 0) is 9.47 Å². The second-order valence-corrected chi connectivity index (χ2v) is 3.49. The zero-order valence-corrected chi connectivity index (χ0v) is 8.55. The van der Waals surface area contributed by atoms with Gasteiger partial charge in [-0.05, 0) is 6.07 Å². The van der Waals surface area contributed by atoms with Crippen molar-refractivity contribution < 1.29 is 14.6 Å². The smallest absolute Gasteiger partial charge is 0.187 e. The van der Waals surface area contributed by atoms with E-state index in [1.54, 1.807) is 0 Å². The number of ether oxygens (including phenoxy) is 2. The Kier molecular flexibility index (Phi) is 2.78. The van der Waals surface area contributed by atoms with Gasteiger partial charge in [0.05, 0.1) is 18.8 Å². The highest BCUT2D eigenvalue weighted by molar-refractivity contribution is 6.33. The minimum atomic E-state index is -0.604. The van der Waals surface area contributed by atoms with Gasteiger partial charge in [-0.3, -0.25) is 0 Å². The third-order valence-electron chi connectivity index (χ3n) is 1.82. The number of halogens is 2. The standard InChI is InChI=1S/C8H7Cl2NO3/c9-5-3-4(6(12)7(10)11-5)8-13-1-2-14-8/h3,8,12H,1-2H2. The summed E-state index contributed by atoms with van der Waals surface area (Å²) in [5.74, 6) is -0.150. The lowest BCUT2D eigenvalue weighted by atomic mass is 10.2. The van der Waals surface area contributed by atoms with Crippen LogP contribution in [0.5, 0.6) is 5.75 Å². The first-order valence-corrected chi connectivity index (χ1v) is 4.72. The summed E-state index contributed by atoms with van der Waals surface area (Å²) in [5.41, 5.74) is 0.410. The number of rotatable bonds is 1. The maximum atomic E-state index is 9.57. The van der Waals surface area contributed by atoms with Crippen molar-refractivity contribution in [2.45, 2.75) is 6.29 Å². The first-order chi connectivity index (χ1) is 6.68. The van der Waals surface area contributed by atoms with Gasteiger partial charge in [0.25, 0.3) is 0 Å². The van der Waals surface area contributed by atoms with E-state index in [-0.39, 0.29) is 16.1 Å². The lowest BCUT2D eigenvalue weighted by molar-refractivity contribution is -0.0455. The molecule has 1 fully saturated rings. The van der Waals surface area contributed by atoms with E-state index in [2.05, 4.69) is 4.98 Å². The quantitative estimate of drug-likeness (QED) is 0.759. The average Bonchev–Trinajstić information content (AvgIpc) is 2.63. The molecule has 14 heavy (non-hydrogen) atoms. The summed E-state index contributed by atoms with van der Waals surface area (Å²) in [6.45, 7) is 0.976. The molecule has 4 nitrogen and oxygen atoms in total. The molecule has 1 aliphatic rings.